The van der Waals surface area contributed by atoms with Crippen LogP contribution < -0.4 is 14.5 Å². The van der Waals surface area contributed by atoms with Crippen LogP contribution in [0.2, 0.25) is 0 Å². The normalized spacial score (nSPS) is 25.3. The number of nitriles is 1. The van der Waals surface area contributed by atoms with Crippen LogP contribution in [-0.4, -0.2) is 97.0 Å². The Kier molecular flexibility index (Phi) is 7.81. The van der Waals surface area contributed by atoms with Gasteiger partial charge in [0.15, 0.2) is 5.78 Å². The van der Waals surface area contributed by atoms with Gasteiger partial charge in [0.1, 0.15) is 23.9 Å². The molecule has 1 amide bonds. The smallest absolute Gasteiger partial charge is 0.319 e. The second kappa shape index (κ2) is 11.6. The maximum atomic E-state index is 14.7. The van der Waals surface area contributed by atoms with E-state index in [1.54, 1.807) is 11.0 Å². The number of aromatic nitrogens is 2. The lowest BCUT2D eigenvalue weighted by Crippen LogP contribution is -2.55. The molecule has 11 heteroatoms. The van der Waals surface area contributed by atoms with Crippen LogP contribution in [0.4, 0.5) is 15.9 Å². The quantitative estimate of drug-likeness (QED) is 0.472. The zero-order valence-electron chi connectivity index (χ0n) is 24.9. The number of ketones is 1. The van der Waals surface area contributed by atoms with E-state index >= 15 is 0 Å². The van der Waals surface area contributed by atoms with Crippen molar-refractivity contribution in [1.82, 2.24) is 19.8 Å². The first kappa shape index (κ1) is 29.1. The van der Waals surface area contributed by atoms with E-state index in [0.717, 1.165) is 30.5 Å². The van der Waals surface area contributed by atoms with E-state index in [2.05, 4.69) is 29.5 Å². The molecule has 1 aromatic carbocycles. The zero-order valence-corrected chi connectivity index (χ0v) is 24.9. The molecule has 3 aliphatic heterocycles. The molecule has 4 heterocycles. The minimum absolute atomic E-state index is 0.0731. The van der Waals surface area contributed by atoms with Crippen molar-refractivity contribution >= 4 is 23.2 Å². The van der Waals surface area contributed by atoms with Crippen LogP contribution in [0.3, 0.4) is 0 Å². The highest BCUT2D eigenvalue weighted by Gasteiger charge is 2.49. The number of Topliss-reactive ketones (excluding diaryl/α,β-unsaturated/α-hetero) is 1. The van der Waals surface area contributed by atoms with Crippen LogP contribution in [0.1, 0.15) is 47.3 Å². The molecule has 2 saturated heterocycles. The van der Waals surface area contributed by atoms with Gasteiger partial charge in [0, 0.05) is 44.8 Å². The highest BCUT2D eigenvalue weighted by molar-refractivity contribution is 6.03. The largest absolute Gasteiger partial charge is 0.462 e. The number of para-hydroxylation sites is 1. The van der Waals surface area contributed by atoms with Gasteiger partial charge in [0.05, 0.1) is 29.6 Å². The van der Waals surface area contributed by atoms with Crippen molar-refractivity contribution in [2.75, 3.05) is 63.2 Å². The first-order chi connectivity index (χ1) is 20.7. The number of hydrogen-bond donors (Lipinski definition) is 0. The van der Waals surface area contributed by atoms with Gasteiger partial charge in [0.2, 0.25) is 5.91 Å². The number of carbonyl (C=O) groups excluding carboxylic acids is 2. The standard InChI is InChI=1S/C32H38FN7O3/c1-4-26(41)40-16-15-39(18-22(40)11-13-34)30-24-10-12-32(17-21-7-5-9-25(33)28(21)38(3)20-32)29(42)27(24)35-31(36-30)43-19-23-8-6-14-37(23)2/h4-5,7,9,22-23H,1,6,8,10-12,14-20H2,2-3H3/t22?,23?,32-/m1/s1. The maximum Gasteiger partial charge on any atom is 0.319 e. The van der Waals surface area contributed by atoms with Crippen molar-refractivity contribution in [2.24, 2.45) is 5.41 Å². The van der Waals surface area contributed by atoms with Crippen molar-refractivity contribution in [3.8, 4) is 12.1 Å². The summed E-state index contributed by atoms with van der Waals surface area (Å²) >= 11 is 0. The third-order valence-electron chi connectivity index (χ3n) is 9.68. The second-order valence-electron chi connectivity index (χ2n) is 12.3. The van der Waals surface area contributed by atoms with Gasteiger partial charge >= 0.3 is 6.01 Å². The van der Waals surface area contributed by atoms with E-state index in [1.165, 1.54) is 12.1 Å². The zero-order chi connectivity index (χ0) is 30.3. The molecule has 0 bridgehead atoms. The van der Waals surface area contributed by atoms with Crippen LogP contribution in [0, 0.1) is 22.6 Å². The van der Waals surface area contributed by atoms with E-state index in [-0.39, 0.29) is 42.0 Å². The van der Waals surface area contributed by atoms with Gasteiger partial charge in [-0.25, -0.2) is 4.39 Å². The Bertz CT molecular complexity index is 1490. The molecule has 1 aliphatic carbocycles. The average Bonchev–Trinajstić information content (AvgIpc) is 3.41. The molecule has 226 valence electrons. The summed E-state index contributed by atoms with van der Waals surface area (Å²) in [5.41, 5.74) is 1.77. The monoisotopic (exact) mass is 587 g/mol. The number of rotatable bonds is 6. The molecule has 43 heavy (non-hydrogen) atoms. The number of nitrogens with zero attached hydrogens (tertiary/aromatic N) is 7. The van der Waals surface area contributed by atoms with Gasteiger partial charge in [-0.15, -0.1) is 0 Å². The fourth-order valence-electron chi connectivity index (χ4n) is 7.42. The predicted molar refractivity (Wildman–Crippen MR) is 160 cm³/mol. The number of amides is 1. The Morgan fingerprint density at radius 1 is 1.26 bits per heavy atom. The Balaban J connectivity index is 1.36. The lowest BCUT2D eigenvalue weighted by atomic mass is 9.66. The number of carbonyl (C=O) groups is 2. The van der Waals surface area contributed by atoms with Crippen LogP contribution in [0.15, 0.2) is 30.9 Å². The fourth-order valence-corrected chi connectivity index (χ4v) is 7.42. The summed E-state index contributed by atoms with van der Waals surface area (Å²) in [5, 5.41) is 9.51. The molecule has 1 spiro atoms. The molecule has 0 radical (unpaired) electrons. The number of ether oxygens (including phenoxy) is 1. The molecule has 3 atom stereocenters. The number of hydrogen-bond acceptors (Lipinski definition) is 9. The molecular formula is C32H38FN7O3. The van der Waals surface area contributed by atoms with E-state index in [4.69, 9.17) is 14.7 Å². The van der Waals surface area contributed by atoms with Crippen molar-refractivity contribution in [2.45, 2.75) is 50.6 Å². The van der Waals surface area contributed by atoms with Crippen LogP contribution in [0.25, 0.3) is 0 Å². The van der Waals surface area contributed by atoms with E-state index in [0.29, 0.717) is 69.2 Å². The minimum Gasteiger partial charge on any atom is -0.462 e. The third kappa shape index (κ3) is 5.22. The number of fused-ring (bicyclic) bond motifs is 2. The highest BCUT2D eigenvalue weighted by Crippen LogP contribution is 2.46. The predicted octanol–water partition coefficient (Wildman–Crippen LogP) is 3.01. The van der Waals surface area contributed by atoms with E-state index in [1.807, 2.05) is 18.0 Å². The van der Waals surface area contributed by atoms with Gasteiger partial charge in [-0.05, 0) is 63.4 Å². The van der Waals surface area contributed by atoms with Gasteiger partial charge in [-0.2, -0.15) is 15.2 Å². The summed E-state index contributed by atoms with van der Waals surface area (Å²) in [5.74, 6) is 0.0736. The number of likely N-dealkylation sites (tertiary alicyclic amines) is 1. The second-order valence-corrected chi connectivity index (χ2v) is 12.3. The fraction of sp³-hybridized carbons (Fsp3) is 0.531. The van der Waals surface area contributed by atoms with Crippen LogP contribution in [-0.2, 0) is 17.6 Å². The van der Waals surface area contributed by atoms with Gasteiger partial charge in [-0.1, -0.05) is 18.7 Å². The molecular weight excluding hydrogens is 549 g/mol. The summed E-state index contributed by atoms with van der Waals surface area (Å²) in [7, 11) is 3.91. The van der Waals surface area contributed by atoms with E-state index in [9.17, 15) is 19.2 Å². The third-order valence-corrected chi connectivity index (χ3v) is 9.68. The molecule has 4 aliphatic rings. The Morgan fingerprint density at radius 3 is 2.84 bits per heavy atom. The molecule has 0 N–H and O–H groups in total. The lowest BCUT2D eigenvalue weighted by Gasteiger charge is -2.45. The molecule has 2 aromatic rings. The SMILES string of the molecule is C=CC(=O)N1CCN(c2nc(OCC3CCCN3C)nc3c2CC[C@]2(Cc4cccc(F)c4N(C)C2)C3=O)CC1CC#N. The number of likely N-dealkylation sites (N-methyl/N-ethyl adjacent to an activating group) is 1. The molecule has 10 nitrogen and oxygen atoms in total. The summed E-state index contributed by atoms with van der Waals surface area (Å²) in [6.07, 6.45) is 5.18. The molecule has 6 rings (SSSR count). The Morgan fingerprint density at radius 2 is 2.09 bits per heavy atom. The van der Waals surface area contributed by atoms with Crippen molar-refractivity contribution < 1.29 is 18.7 Å². The van der Waals surface area contributed by atoms with Gasteiger partial charge in [0.25, 0.3) is 0 Å². The highest BCUT2D eigenvalue weighted by atomic mass is 19.1. The number of halogens is 1. The first-order valence-electron chi connectivity index (χ1n) is 15.1. The molecule has 2 fully saturated rings. The molecule has 2 unspecified atom stereocenters. The Labute approximate surface area is 251 Å². The molecule has 1 aromatic heterocycles. The number of benzene rings is 1. The topological polar surface area (TPSA) is 106 Å². The number of anilines is 2. The Hall–Kier alpha value is -4.04. The summed E-state index contributed by atoms with van der Waals surface area (Å²) in [6.45, 7) is 6.74. The van der Waals surface area contributed by atoms with Crippen molar-refractivity contribution in [3.63, 3.8) is 0 Å². The van der Waals surface area contributed by atoms with Crippen molar-refractivity contribution in [1.29, 1.82) is 5.26 Å². The summed E-state index contributed by atoms with van der Waals surface area (Å²) in [4.78, 5) is 44.5. The molecule has 0 saturated carbocycles. The maximum absolute atomic E-state index is 14.7. The lowest BCUT2D eigenvalue weighted by molar-refractivity contribution is -0.128. The van der Waals surface area contributed by atoms with Crippen molar-refractivity contribution in [3.05, 3.63) is 53.5 Å². The summed E-state index contributed by atoms with van der Waals surface area (Å²) in [6, 6.07) is 7.33. The summed E-state index contributed by atoms with van der Waals surface area (Å²) < 4.78 is 20.9. The van der Waals surface area contributed by atoms with Crippen LogP contribution >= 0.6 is 0 Å². The number of piperazine rings is 1. The average molecular weight is 588 g/mol. The minimum atomic E-state index is -0.741. The van der Waals surface area contributed by atoms with E-state index < -0.39 is 5.41 Å². The first-order valence-corrected chi connectivity index (χ1v) is 15.1. The van der Waals surface area contributed by atoms with Gasteiger partial charge < -0.3 is 24.3 Å². The van der Waals surface area contributed by atoms with Gasteiger partial charge in [-0.3, -0.25) is 9.59 Å². The van der Waals surface area contributed by atoms with Crippen LogP contribution in [0.5, 0.6) is 6.01 Å².